The maximum Gasteiger partial charge on any atom is 0.168 e. The van der Waals surface area contributed by atoms with Gasteiger partial charge in [0.25, 0.3) is 0 Å². The second-order valence-corrected chi connectivity index (χ2v) is 7.83. The van der Waals surface area contributed by atoms with Crippen LogP contribution in [0.5, 0.6) is 0 Å². The van der Waals surface area contributed by atoms with Crippen molar-refractivity contribution in [1.29, 1.82) is 0 Å². The van der Waals surface area contributed by atoms with E-state index >= 15 is 0 Å². The van der Waals surface area contributed by atoms with Crippen LogP contribution < -0.4 is 5.73 Å². The summed E-state index contributed by atoms with van der Waals surface area (Å²) in [6, 6.07) is 0.285. The third-order valence-corrected chi connectivity index (χ3v) is 6.03. The van der Waals surface area contributed by atoms with Crippen LogP contribution in [0, 0.1) is 23.2 Å². The Labute approximate surface area is 120 Å². The number of rotatable bonds is 3. The summed E-state index contributed by atoms with van der Waals surface area (Å²) in [5.41, 5.74) is 6.99. The Kier molecular flexibility index (Phi) is 2.72. The van der Waals surface area contributed by atoms with Crippen LogP contribution in [0.25, 0.3) is 0 Å². The average Bonchev–Trinajstić information content (AvgIpc) is 2.85. The first-order chi connectivity index (χ1) is 9.57. The molecule has 2 N–H and O–H groups in total. The number of nitrogens with zero attached hydrogens (tertiary/aromatic N) is 4. The van der Waals surface area contributed by atoms with E-state index in [4.69, 9.17) is 5.73 Å². The second-order valence-electron chi connectivity index (χ2n) is 7.83. The normalized spacial score (nSPS) is 40.5. The molecule has 0 radical (unpaired) electrons. The molecule has 4 aliphatic carbocycles. The Balaban J connectivity index is 1.68. The predicted molar refractivity (Wildman–Crippen MR) is 75.7 cm³/mol. The summed E-state index contributed by atoms with van der Waals surface area (Å²) in [6.07, 6.45) is 8.23. The lowest BCUT2D eigenvalue weighted by Crippen LogP contribution is -2.51. The summed E-state index contributed by atoms with van der Waals surface area (Å²) in [4.78, 5) is 0. The smallest absolute Gasteiger partial charge is 0.168 e. The zero-order valence-corrected chi connectivity index (χ0v) is 12.5. The Morgan fingerprint density at radius 3 is 2.15 bits per heavy atom. The molecular formula is C15H25N5. The number of tetrazole rings is 1. The van der Waals surface area contributed by atoms with Crippen LogP contribution in [-0.4, -0.2) is 20.2 Å². The van der Waals surface area contributed by atoms with Crippen LogP contribution in [0.2, 0.25) is 0 Å². The molecule has 0 aromatic carbocycles. The van der Waals surface area contributed by atoms with Crippen LogP contribution in [0.15, 0.2) is 0 Å². The lowest BCUT2D eigenvalue weighted by molar-refractivity contribution is -0.0699. The van der Waals surface area contributed by atoms with Crippen molar-refractivity contribution >= 4 is 0 Å². The minimum absolute atomic E-state index is 0.00769. The second kappa shape index (κ2) is 4.26. The van der Waals surface area contributed by atoms with Gasteiger partial charge in [-0.25, -0.2) is 4.68 Å². The number of hydrogen-bond donors (Lipinski definition) is 1. The van der Waals surface area contributed by atoms with Crippen LogP contribution in [0.4, 0.5) is 0 Å². The van der Waals surface area contributed by atoms with Gasteiger partial charge in [0, 0.05) is 0 Å². The van der Waals surface area contributed by atoms with Gasteiger partial charge in [-0.05, 0) is 86.0 Å². The highest BCUT2D eigenvalue weighted by atomic mass is 15.6. The zero-order valence-electron chi connectivity index (χ0n) is 12.5. The highest BCUT2D eigenvalue weighted by molar-refractivity contribution is 5.10. The maximum absolute atomic E-state index is 6.71. The van der Waals surface area contributed by atoms with Gasteiger partial charge in [-0.2, -0.15) is 0 Å². The lowest BCUT2D eigenvalue weighted by atomic mass is 9.47. The van der Waals surface area contributed by atoms with Gasteiger partial charge in [0.05, 0.1) is 12.1 Å². The van der Waals surface area contributed by atoms with Crippen LogP contribution in [0.1, 0.15) is 70.3 Å². The first kappa shape index (κ1) is 12.7. The maximum atomic E-state index is 6.71. The van der Waals surface area contributed by atoms with E-state index in [2.05, 4.69) is 29.4 Å². The molecule has 0 saturated heterocycles. The van der Waals surface area contributed by atoms with Crippen molar-refractivity contribution in [1.82, 2.24) is 20.2 Å². The van der Waals surface area contributed by atoms with E-state index in [1.165, 1.54) is 38.5 Å². The molecular weight excluding hydrogens is 250 g/mol. The number of nitrogens with two attached hydrogens (primary N) is 1. The molecule has 4 bridgehead atoms. The molecule has 1 heterocycles. The Hall–Kier alpha value is -0.970. The van der Waals surface area contributed by atoms with Crippen molar-refractivity contribution in [3.05, 3.63) is 5.82 Å². The monoisotopic (exact) mass is 275 g/mol. The SMILES string of the molecule is CC(C)n1nnnc1C(N)C12CC3CC(CC(C3)C1)C2. The van der Waals surface area contributed by atoms with Crippen molar-refractivity contribution in [3.63, 3.8) is 0 Å². The highest BCUT2D eigenvalue weighted by Crippen LogP contribution is 2.63. The molecule has 4 fully saturated rings. The third-order valence-electron chi connectivity index (χ3n) is 6.03. The third kappa shape index (κ3) is 1.75. The molecule has 4 aliphatic rings. The van der Waals surface area contributed by atoms with Gasteiger partial charge in [0.15, 0.2) is 5.82 Å². The van der Waals surface area contributed by atoms with E-state index in [0.717, 1.165) is 23.6 Å². The van der Waals surface area contributed by atoms with Crippen molar-refractivity contribution < 1.29 is 0 Å². The number of hydrogen-bond acceptors (Lipinski definition) is 4. The fourth-order valence-electron chi connectivity index (χ4n) is 5.61. The molecule has 20 heavy (non-hydrogen) atoms. The standard InChI is InChI=1S/C15H25N5/c1-9(2)20-14(17-18-19-20)13(16)15-6-10-3-11(7-15)5-12(4-10)8-15/h9-13H,3-8,16H2,1-2H3. The van der Waals surface area contributed by atoms with Crippen molar-refractivity contribution in [2.24, 2.45) is 28.9 Å². The van der Waals surface area contributed by atoms with Crippen molar-refractivity contribution in [2.75, 3.05) is 0 Å². The molecule has 0 aliphatic heterocycles. The van der Waals surface area contributed by atoms with E-state index in [9.17, 15) is 0 Å². The van der Waals surface area contributed by atoms with Gasteiger partial charge in [0.2, 0.25) is 0 Å². The highest BCUT2D eigenvalue weighted by Gasteiger charge is 2.54. The first-order valence-electron chi connectivity index (χ1n) is 8.11. The number of aromatic nitrogens is 4. The van der Waals surface area contributed by atoms with E-state index in [0.29, 0.717) is 0 Å². The van der Waals surface area contributed by atoms with Gasteiger partial charge in [0.1, 0.15) is 0 Å². The van der Waals surface area contributed by atoms with Gasteiger partial charge < -0.3 is 5.73 Å². The zero-order chi connectivity index (χ0) is 13.9. The summed E-state index contributed by atoms with van der Waals surface area (Å²) >= 11 is 0. The molecule has 5 rings (SSSR count). The summed E-state index contributed by atoms with van der Waals surface area (Å²) in [5.74, 6) is 3.64. The minimum Gasteiger partial charge on any atom is -0.321 e. The van der Waals surface area contributed by atoms with Crippen molar-refractivity contribution in [3.8, 4) is 0 Å². The molecule has 5 heteroatoms. The molecule has 1 aromatic heterocycles. The molecule has 0 amide bonds. The van der Waals surface area contributed by atoms with Crippen LogP contribution in [0.3, 0.4) is 0 Å². The molecule has 4 saturated carbocycles. The molecule has 110 valence electrons. The Morgan fingerprint density at radius 2 is 1.65 bits per heavy atom. The summed E-state index contributed by atoms with van der Waals surface area (Å²) < 4.78 is 1.92. The Bertz CT molecular complexity index is 471. The predicted octanol–water partition coefficient (Wildman–Crippen LogP) is 2.47. The van der Waals surface area contributed by atoms with E-state index < -0.39 is 0 Å². The lowest BCUT2D eigenvalue weighted by Gasteiger charge is -2.58. The van der Waals surface area contributed by atoms with Gasteiger partial charge >= 0.3 is 0 Å². The first-order valence-corrected chi connectivity index (χ1v) is 8.11. The van der Waals surface area contributed by atoms with Gasteiger partial charge in [-0.3, -0.25) is 0 Å². The molecule has 1 atom stereocenters. The fourth-order valence-corrected chi connectivity index (χ4v) is 5.61. The molecule has 1 unspecified atom stereocenters. The van der Waals surface area contributed by atoms with Gasteiger partial charge in [-0.15, -0.1) is 5.10 Å². The topological polar surface area (TPSA) is 69.6 Å². The van der Waals surface area contributed by atoms with E-state index in [-0.39, 0.29) is 17.5 Å². The molecule has 5 nitrogen and oxygen atoms in total. The fraction of sp³-hybridized carbons (Fsp3) is 0.933. The van der Waals surface area contributed by atoms with Crippen molar-refractivity contribution in [2.45, 2.75) is 64.5 Å². The Morgan fingerprint density at radius 1 is 1.10 bits per heavy atom. The quantitative estimate of drug-likeness (QED) is 0.920. The summed E-state index contributed by atoms with van der Waals surface area (Å²) in [7, 11) is 0. The largest absolute Gasteiger partial charge is 0.321 e. The van der Waals surface area contributed by atoms with Crippen LogP contribution >= 0.6 is 0 Å². The minimum atomic E-state index is 0.00769. The average molecular weight is 275 g/mol. The van der Waals surface area contributed by atoms with E-state index in [1.54, 1.807) is 0 Å². The summed E-state index contributed by atoms with van der Waals surface area (Å²) in [6.45, 7) is 4.23. The molecule has 1 aromatic rings. The van der Waals surface area contributed by atoms with Gasteiger partial charge in [-0.1, -0.05) is 0 Å². The van der Waals surface area contributed by atoms with E-state index in [1.807, 2.05) is 4.68 Å². The van der Waals surface area contributed by atoms with Crippen LogP contribution in [-0.2, 0) is 0 Å². The molecule has 0 spiro atoms. The summed E-state index contributed by atoms with van der Waals surface area (Å²) in [5, 5.41) is 12.3.